The van der Waals surface area contributed by atoms with Crippen LogP contribution in [0.3, 0.4) is 0 Å². The van der Waals surface area contributed by atoms with Crippen LogP contribution >= 0.6 is 0 Å². The van der Waals surface area contributed by atoms with Crippen LogP contribution in [0.1, 0.15) is 13.3 Å². The summed E-state index contributed by atoms with van der Waals surface area (Å²) in [6.45, 7) is 6.05. The zero-order valence-corrected chi connectivity index (χ0v) is 8.59. The van der Waals surface area contributed by atoms with Gasteiger partial charge in [-0.1, -0.05) is 13.5 Å². The first-order valence-electron chi connectivity index (χ1n) is 4.72. The maximum absolute atomic E-state index is 12.1. The van der Waals surface area contributed by atoms with E-state index in [2.05, 4.69) is 6.58 Å². The highest BCUT2D eigenvalue weighted by Gasteiger charge is 2.38. The summed E-state index contributed by atoms with van der Waals surface area (Å²) in [6, 6.07) is 0. The maximum atomic E-state index is 12.1. The number of alkyl halides is 2. The lowest BCUT2D eigenvalue weighted by molar-refractivity contribution is -0.168. The van der Waals surface area contributed by atoms with E-state index in [1.807, 2.05) is 6.92 Å². The first kappa shape index (κ1) is 12.1. The smallest absolute Gasteiger partial charge is 0.339 e. The molecule has 0 aromatic rings. The average molecular weight is 220 g/mol. The number of ether oxygens (including phenoxy) is 2. The van der Waals surface area contributed by atoms with Crippen molar-refractivity contribution in [2.75, 3.05) is 19.8 Å². The molecule has 1 heterocycles. The molecule has 0 spiro atoms. The summed E-state index contributed by atoms with van der Waals surface area (Å²) in [7, 11) is 0. The van der Waals surface area contributed by atoms with Gasteiger partial charge < -0.3 is 9.47 Å². The van der Waals surface area contributed by atoms with Gasteiger partial charge >= 0.3 is 5.97 Å². The largest absolute Gasteiger partial charge is 0.461 e. The molecule has 5 heteroatoms. The van der Waals surface area contributed by atoms with Crippen molar-refractivity contribution in [3.63, 3.8) is 0 Å². The van der Waals surface area contributed by atoms with Crippen LogP contribution in [0.15, 0.2) is 12.2 Å². The molecule has 1 saturated heterocycles. The number of carbonyl (C=O) groups excluding carboxylic acids is 1. The highest BCUT2D eigenvalue weighted by atomic mass is 19.3. The molecule has 0 unspecified atom stereocenters. The molecule has 0 atom stereocenters. The SMILES string of the molecule is C=C(C(=O)OCC1(CC)COC1)C(F)F. The molecule has 1 fully saturated rings. The van der Waals surface area contributed by atoms with Gasteiger partial charge in [-0.2, -0.15) is 0 Å². The highest BCUT2D eigenvalue weighted by Crippen LogP contribution is 2.31. The molecule has 15 heavy (non-hydrogen) atoms. The molecular weight excluding hydrogens is 206 g/mol. The lowest BCUT2D eigenvalue weighted by atomic mass is 9.84. The van der Waals surface area contributed by atoms with Crippen LogP contribution in [0.4, 0.5) is 8.78 Å². The third-order valence-electron chi connectivity index (χ3n) is 2.60. The number of halogens is 2. The van der Waals surface area contributed by atoms with Gasteiger partial charge in [0, 0.05) is 0 Å². The Balaban J connectivity index is 2.36. The Morgan fingerprint density at radius 2 is 2.20 bits per heavy atom. The van der Waals surface area contributed by atoms with Crippen LogP contribution in [0.2, 0.25) is 0 Å². The lowest BCUT2D eigenvalue weighted by Crippen LogP contribution is -2.46. The second kappa shape index (κ2) is 4.70. The summed E-state index contributed by atoms with van der Waals surface area (Å²) in [5.41, 5.74) is -0.973. The Hall–Kier alpha value is -0.970. The summed E-state index contributed by atoms with van der Waals surface area (Å²) in [5, 5.41) is 0. The topological polar surface area (TPSA) is 35.5 Å². The fourth-order valence-electron chi connectivity index (χ4n) is 1.18. The molecule has 0 amide bonds. The second-order valence-electron chi connectivity index (χ2n) is 3.75. The van der Waals surface area contributed by atoms with Crippen LogP contribution in [-0.4, -0.2) is 32.2 Å². The van der Waals surface area contributed by atoms with E-state index in [1.54, 1.807) is 0 Å². The fraction of sp³-hybridized carbons (Fsp3) is 0.700. The molecule has 0 aliphatic carbocycles. The Bertz CT molecular complexity index is 254. The number of rotatable bonds is 5. The van der Waals surface area contributed by atoms with Gasteiger partial charge in [-0.05, 0) is 6.42 Å². The van der Waals surface area contributed by atoms with Crippen molar-refractivity contribution >= 4 is 5.97 Å². The van der Waals surface area contributed by atoms with Crippen molar-refractivity contribution in [2.24, 2.45) is 5.41 Å². The molecule has 0 N–H and O–H groups in total. The first-order chi connectivity index (χ1) is 7.01. The molecule has 0 saturated carbocycles. The van der Waals surface area contributed by atoms with E-state index in [9.17, 15) is 13.6 Å². The summed E-state index contributed by atoms with van der Waals surface area (Å²) in [5.74, 6) is -1.02. The number of hydrogen-bond donors (Lipinski definition) is 0. The normalized spacial score (nSPS) is 18.4. The summed E-state index contributed by atoms with van der Waals surface area (Å²) in [6.07, 6.45) is -2.06. The van der Waals surface area contributed by atoms with Gasteiger partial charge in [0.15, 0.2) is 0 Å². The molecule has 0 aromatic heterocycles. The van der Waals surface area contributed by atoms with E-state index in [0.29, 0.717) is 13.2 Å². The van der Waals surface area contributed by atoms with E-state index < -0.39 is 18.0 Å². The highest BCUT2D eigenvalue weighted by molar-refractivity contribution is 5.88. The Kier molecular flexibility index (Phi) is 3.79. The molecular formula is C10H14F2O3. The summed E-state index contributed by atoms with van der Waals surface area (Å²) in [4.78, 5) is 11.0. The number of esters is 1. The van der Waals surface area contributed by atoms with Gasteiger partial charge in [-0.15, -0.1) is 0 Å². The van der Waals surface area contributed by atoms with E-state index >= 15 is 0 Å². The Labute approximate surface area is 87.0 Å². The van der Waals surface area contributed by atoms with E-state index in [4.69, 9.17) is 9.47 Å². The fourth-order valence-corrected chi connectivity index (χ4v) is 1.18. The van der Waals surface area contributed by atoms with Crippen molar-refractivity contribution in [2.45, 2.75) is 19.8 Å². The maximum Gasteiger partial charge on any atom is 0.339 e. The molecule has 0 bridgehead atoms. The van der Waals surface area contributed by atoms with E-state index in [0.717, 1.165) is 6.42 Å². The molecule has 3 nitrogen and oxygen atoms in total. The Morgan fingerprint density at radius 1 is 1.60 bits per heavy atom. The van der Waals surface area contributed by atoms with Crippen molar-refractivity contribution in [3.05, 3.63) is 12.2 Å². The van der Waals surface area contributed by atoms with Crippen LogP contribution in [0.25, 0.3) is 0 Å². The van der Waals surface area contributed by atoms with Gasteiger partial charge in [0.05, 0.1) is 24.2 Å². The van der Waals surface area contributed by atoms with Crippen molar-refractivity contribution in [1.82, 2.24) is 0 Å². The molecule has 1 rings (SSSR count). The van der Waals surface area contributed by atoms with Crippen molar-refractivity contribution in [1.29, 1.82) is 0 Å². The molecule has 0 radical (unpaired) electrons. The van der Waals surface area contributed by atoms with Crippen LogP contribution in [-0.2, 0) is 14.3 Å². The van der Waals surface area contributed by atoms with Crippen LogP contribution in [0.5, 0.6) is 0 Å². The van der Waals surface area contributed by atoms with Crippen molar-refractivity contribution in [3.8, 4) is 0 Å². The number of hydrogen-bond acceptors (Lipinski definition) is 3. The van der Waals surface area contributed by atoms with Gasteiger partial charge in [-0.3, -0.25) is 0 Å². The third kappa shape index (κ3) is 2.75. The average Bonchev–Trinajstić information content (AvgIpc) is 2.15. The predicted octanol–water partition coefficient (Wildman–Crippen LogP) is 1.78. The van der Waals surface area contributed by atoms with Gasteiger partial charge in [-0.25, -0.2) is 13.6 Å². The first-order valence-corrected chi connectivity index (χ1v) is 4.72. The third-order valence-corrected chi connectivity index (χ3v) is 2.60. The van der Waals surface area contributed by atoms with Crippen molar-refractivity contribution < 1.29 is 23.0 Å². The monoisotopic (exact) mass is 220 g/mol. The minimum Gasteiger partial charge on any atom is -0.461 e. The minimum absolute atomic E-state index is 0.119. The lowest BCUT2D eigenvalue weighted by Gasteiger charge is -2.39. The summed E-state index contributed by atoms with van der Waals surface area (Å²) >= 11 is 0. The molecule has 0 aromatic carbocycles. The molecule has 1 aliphatic heterocycles. The quantitative estimate of drug-likeness (QED) is 0.523. The van der Waals surface area contributed by atoms with Gasteiger partial charge in [0.1, 0.15) is 6.61 Å². The minimum atomic E-state index is -2.85. The van der Waals surface area contributed by atoms with Crippen LogP contribution < -0.4 is 0 Å². The zero-order valence-electron chi connectivity index (χ0n) is 8.59. The van der Waals surface area contributed by atoms with Crippen LogP contribution in [0, 0.1) is 5.41 Å². The van der Waals surface area contributed by atoms with E-state index in [1.165, 1.54) is 0 Å². The second-order valence-corrected chi connectivity index (χ2v) is 3.75. The molecule has 1 aliphatic rings. The standard InChI is InChI=1S/C10H14F2O3/c1-3-10(4-14-5-10)6-15-9(13)7(2)8(11)12/h8H,2-6H2,1H3. The zero-order chi connectivity index (χ0) is 11.5. The molecule has 86 valence electrons. The van der Waals surface area contributed by atoms with Gasteiger partial charge in [0.2, 0.25) is 0 Å². The Morgan fingerprint density at radius 3 is 2.53 bits per heavy atom. The van der Waals surface area contributed by atoms with E-state index in [-0.39, 0.29) is 12.0 Å². The number of carbonyl (C=O) groups is 1. The van der Waals surface area contributed by atoms with Gasteiger partial charge in [0.25, 0.3) is 6.43 Å². The summed E-state index contributed by atoms with van der Waals surface area (Å²) < 4.78 is 33.9. The predicted molar refractivity (Wildman–Crippen MR) is 49.6 cm³/mol.